The van der Waals surface area contributed by atoms with E-state index >= 15 is 0 Å². The van der Waals surface area contributed by atoms with Gasteiger partial charge >= 0.3 is 5.97 Å². The summed E-state index contributed by atoms with van der Waals surface area (Å²) in [7, 11) is 0. The Balaban J connectivity index is 1.73. The monoisotopic (exact) mass is 402 g/mol. The lowest BCUT2D eigenvalue weighted by Gasteiger charge is -2.13. The summed E-state index contributed by atoms with van der Waals surface area (Å²) < 4.78 is 5.02. The van der Waals surface area contributed by atoms with E-state index in [1.54, 1.807) is 19.1 Å². The average Bonchev–Trinajstić information content (AvgIpc) is 2.63. The standard InChI is InChI=1S/C21H26N2O2S2/c1-4-25-20(24)18-8-9-19(16(3)13-18)23-21(26)22-10-11-27-14-17-7-5-6-15(2)12-17/h5-9,12-13H,4,10-11,14H2,1-3H3,(H2,22,23,26). The van der Waals surface area contributed by atoms with Crippen LogP contribution in [-0.4, -0.2) is 30.0 Å². The molecule has 0 amide bonds. The number of thiocarbonyl (C=S) groups is 1. The van der Waals surface area contributed by atoms with Crippen molar-refractivity contribution in [2.24, 2.45) is 0 Å². The second-order valence-electron chi connectivity index (χ2n) is 6.17. The maximum atomic E-state index is 11.8. The molecule has 0 saturated carbocycles. The fourth-order valence-corrected chi connectivity index (χ4v) is 3.56. The van der Waals surface area contributed by atoms with Crippen LogP contribution in [0.5, 0.6) is 0 Å². The van der Waals surface area contributed by atoms with Gasteiger partial charge in [-0.1, -0.05) is 29.8 Å². The van der Waals surface area contributed by atoms with Gasteiger partial charge < -0.3 is 15.4 Å². The summed E-state index contributed by atoms with van der Waals surface area (Å²) in [5.74, 6) is 1.66. The first kappa shape index (κ1) is 21.3. The molecule has 2 rings (SSSR count). The van der Waals surface area contributed by atoms with E-state index < -0.39 is 0 Å². The molecule has 0 fully saturated rings. The van der Waals surface area contributed by atoms with Crippen molar-refractivity contribution in [3.63, 3.8) is 0 Å². The molecule has 27 heavy (non-hydrogen) atoms. The van der Waals surface area contributed by atoms with Gasteiger partial charge in [-0.15, -0.1) is 0 Å². The highest BCUT2D eigenvalue weighted by Gasteiger charge is 2.09. The van der Waals surface area contributed by atoms with E-state index in [9.17, 15) is 4.79 Å². The summed E-state index contributed by atoms with van der Waals surface area (Å²) in [4.78, 5) is 11.8. The fourth-order valence-electron chi connectivity index (χ4n) is 2.54. The number of anilines is 1. The summed E-state index contributed by atoms with van der Waals surface area (Å²) in [6, 6.07) is 14.0. The normalized spacial score (nSPS) is 10.3. The minimum absolute atomic E-state index is 0.307. The lowest BCUT2D eigenvalue weighted by Crippen LogP contribution is -2.30. The van der Waals surface area contributed by atoms with Crippen molar-refractivity contribution in [1.29, 1.82) is 0 Å². The van der Waals surface area contributed by atoms with Gasteiger partial charge in [-0.3, -0.25) is 0 Å². The SMILES string of the molecule is CCOC(=O)c1ccc(NC(=S)NCCSCc2cccc(C)c2)c(C)c1. The van der Waals surface area contributed by atoms with Crippen LogP contribution in [0.4, 0.5) is 5.69 Å². The lowest BCUT2D eigenvalue weighted by molar-refractivity contribution is 0.0526. The highest BCUT2D eigenvalue weighted by molar-refractivity contribution is 7.98. The number of esters is 1. The van der Waals surface area contributed by atoms with Gasteiger partial charge in [0.2, 0.25) is 0 Å². The van der Waals surface area contributed by atoms with Gasteiger partial charge in [0.05, 0.1) is 12.2 Å². The number of ether oxygens (including phenoxy) is 1. The summed E-state index contributed by atoms with van der Waals surface area (Å²) >= 11 is 7.23. The first-order valence-electron chi connectivity index (χ1n) is 8.95. The number of carbonyl (C=O) groups is 1. The number of aryl methyl sites for hydroxylation is 2. The molecule has 0 unspecified atom stereocenters. The van der Waals surface area contributed by atoms with E-state index in [1.165, 1.54) is 11.1 Å². The minimum Gasteiger partial charge on any atom is -0.462 e. The van der Waals surface area contributed by atoms with Crippen molar-refractivity contribution in [3.8, 4) is 0 Å². The second-order valence-corrected chi connectivity index (χ2v) is 7.69. The molecular formula is C21H26N2O2S2. The molecule has 0 spiro atoms. The summed E-state index contributed by atoms with van der Waals surface area (Å²) in [5.41, 5.74) is 5.01. The topological polar surface area (TPSA) is 50.4 Å². The Kier molecular flexibility index (Phi) is 8.61. The average molecular weight is 403 g/mol. The zero-order chi connectivity index (χ0) is 19.6. The number of hydrogen-bond acceptors (Lipinski definition) is 4. The van der Waals surface area contributed by atoms with E-state index in [4.69, 9.17) is 17.0 Å². The van der Waals surface area contributed by atoms with Crippen LogP contribution < -0.4 is 10.6 Å². The Morgan fingerprint density at radius 3 is 2.70 bits per heavy atom. The van der Waals surface area contributed by atoms with E-state index in [0.717, 1.165) is 29.3 Å². The van der Waals surface area contributed by atoms with Gasteiger partial charge in [0.15, 0.2) is 5.11 Å². The van der Waals surface area contributed by atoms with Gasteiger partial charge in [-0.25, -0.2) is 4.79 Å². The molecule has 0 aliphatic carbocycles. The summed E-state index contributed by atoms with van der Waals surface area (Å²) in [5, 5.41) is 6.99. The highest BCUT2D eigenvalue weighted by atomic mass is 32.2. The molecule has 0 saturated heterocycles. The van der Waals surface area contributed by atoms with Gasteiger partial charge in [0.25, 0.3) is 0 Å². The van der Waals surface area contributed by atoms with Crippen molar-refractivity contribution >= 4 is 40.7 Å². The largest absolute Gasteiger partial charge is 0.462 e. The fraction of sp³-hybridized carbons (Fsp3) is 0.333. The van der Waals surface area contributed by atoms with Crippen LogP contribution in [-0.2, 0) is 10.5 Å². The maximum Gasteiger partial charge on any atom is 0.338 e. The van der Waals surface area contributed by atoms with E-state index in [-0.39, 0.29) is 5.97 Å². The van der Waals surface area contributed by atoms with Crippen molar-refractivity contribution in [3.05, 3.63) is 64.7 Å². The van der Waals surface area contributed by atoms with Crippen molar-refractivity contribution in [1.82, 2.24) is 5.32 Å². The van der Waals surface area contributed by atoms with E-state index in [2.05, 4.69) is 41.8 Å². The minimum atomic E-state index is -0.307. The number of rotatable bonds is 8. The Morgan fingerprint density at radius 2 is 2.00 bits per heavy atom. The Labute approximate surface area is 171 Å². The molecule has 0 radical (unpaired) electrons. The first-order valence-corrected chi connectivity index (χ1v) is 10.5. The molecule has 0 aromatic heterocycles. The van der Waals surface area contributed by atoms with E-state index in [1.807, 2.05) is 24.8 Å². The quantitative estimate of drug-likeness (QED) is 0.379. The molecule has 0 heterocycles. The predicted molar refractivity (Wildman–Crippen MR) is 119 cm³/mol. The van der Waals surface area contributed by atoms with Crippen LogP contribution in [0.15, 0.2) is 42.5 Å². The summed E-state index contributed by atoms with van der Waals surface area (Å²) in [6.07, 6.45) is 0. The maximum absolute atomic E-state index is 11.8. The molecule has 144 valence electrons. The van der Waals surface area contributed by atoms with Crippen LogP contribution in [0, 0.1) is 13.8 Å². The number of benzene rings is 2. The third-order valence-electron chi connectivity index (χ3n) is 3.87. The number of thioether (sulfide) groups is 1. The number of nitrogens with one attached hydrogen (secondary N) is 2. The van der Waals surface area contributed by atoms with E-state index in [0.29, 0.717) is 17.3 Å². The third-order valence-corrected chi connectivity index (χ3v) is 5.15. The van der Waals surface area contributed by atoms with Crippen molar-refractivity contribution in [2.45, 2.75) is 26.5 Å². The van der Waals surface area contributed by atoms with Gasteiger partial charge in [0, 0.05) is 23.7 Å². The van der Waals surface area contributed by atoms with Crippen LogP contribution in [0.1, 0.15) is 34.0 Å². The zero-order valence-electron chi connectivity index (χ0n) is 16.0. The molecule has 6 heteroatoms. The second kappa shape index (κ2) is 10.9. The van der Waals surface area contributed by atoms with Crippen LogP contribution in [0.25, 0.3) is 0 Å². The highest BCUT2D eigenvalue weighted by Crippen LogP contribution is 2.17. The molecule has 2 N–H and O–H groups in total. The Hall–Kier alpha value is -2.05. The third kappa shape index (κ3) is 7.23. The van der Waals surface area contributed by atoms with Crippen LogP contribution in [0.3, 0.4) is 0 Å². The molecule has 0 bridgehead atoms. The van der Waals surface area contributed by atoms with Gasteiger partial charge in [0.1, 0.15) is 0 Å². The predicted octanol–water partition coefficient (Wildman–Crippen LogP) is 4.70. The smallest absolute Gasteiger partial charge is 0.338 e. The molecule has 4 nitrogen and oxygen atoms in total. The molecule has 2 aromatic carbocycles. The number of hydrogen-bond donors (Lipinski definition) is 2. The number of carbonyl (C=O) groups excluding carboxylic acids is 1. The van der Waals surface area contributed by atoms with Crippen molar-refractivity contribution < 1.29 is 9.53 Å². The van der Waals surface area contributed by atoms with Crippen LogP contribution >= 0.6 is 24.0 Å². The van der Waals surface area contributed by atoms with Crippen LogP contribution in [0.2, 0.25) is 0 Å². The molecule has 2 aromatic rings. The summed E-state index contributed by atoms with van der Waals surface area (Å²) in [6.45, 7) is 7.01. The molecule has 0 atom stereocenters. The van der Waals surface area contributed by atoms with Crippen molar-refractivity contribution in [2.75, 3.05) is 24.2 Å². The first-order chi connectivity index (χ1) is 13.0. The Morgan fingerprint density at radius 1 is 1.19 bits per heavy atom. The van der Waals surface area contributed by atoms with Gasteiger partial charge in [-0.05, 0) is 62.3 Å². The molecule has 0 aliphatic heterocycles. The zero-order valence-corrected chi connectivity index (χ0v) is 17.6. The van der Waals surface area contributed by atoms with Gasteiger partial charge in [-0.2, -0.15) is 11.8 Å². The molecular weight excluding hydrogens is 376 g/mol. The molecule has 0 aliphatic rings. The Bertz CT molecular complexity index is 794. The lowest BCUT2D eigenvalue weighted by atomic mass is 10.1.